The van der Waals surface area contributed by atoms with Crippen LogP contribution in [0.4, 0.5) is 15.0 Å². The van der Waals surface area contributed by atoms with Crippen molar-refractivity contribution in [3.8, 4) is 0 Å². The second kappa shape index (κ2) is 6.16. The number of benzene rings is 1. The van der Waals surface area contributed by atoms with Gasteiger partial charge in [0.05, 0.1) is 6.54 Å². The summed E-state index contributed by atoms with van der Waals surface area (Å²) in [5.41, 5.74) is 0.131. The first kappa shape index (κ1) is 16.9. The number of aromatic nitrogens is 1. The summed E-state index contributed by atoms with van der Waals surface area (Å²) < 4.78 is 13.1. The largest absolute Gasteiger partial charge is 0.363 e. The summed E-state index contributed by atoms with van der Waals surface area (Å²) in [7, 11) is 3.73. The Morgan fingerprint density at radius 1 is 1.20 bits per heavy atom. The summed E-state index contributed by atoms with van der Waals surface area (Å²) in [6.07, 6.45) is 1.64. The van der Waals surface area contributed by atoms with Crippen LogP contribution in [0.1, 0.15) is 18.1 Å². The third-order valence-corrected chi connectivity index (χ3v) is 4.31. The minimum absolute atomic E-state index is 0.144. The zero-order valence-corrected chi connectivity index (χ0v) is 14.3. The molecule has 1 N–H and O–H groups in total. The van der Waals surface area contributed by atoms with E-state index in [4.69, 9.17) is 0 Å². The summed E-state index contributed by atoms with van der Waals surface area (Å²) in [6.45, 7) is 1.77. The summed E-state index contributed by atoms with van der Waals surface area (Å²) in [5, 5.41) is 2.71. The lowest BCUT2D eigenvalue weighted by atomic mass is 9.92. The van der Waals surface area contributed by atoms with Crippen LogP contribution in [0.15, 0.2) is 42.6 Å². The average molecular weight is 342 g/mol. The molecule has 3 amide bonds. The lowest BCUT2D eigenvalue weighted by Gasteiger charge is -2.22. The molecular weight excluding hydrogens is 323 g/mol. The van der Waals surface area contributed by atoms with Gasteiger partial charge in [-0.2, -0.15) is 0 Å². The van der Waals surface area contributed by atoms with Crippen molar-refractivity contribution in [1.29, 1.82) is 0 Å². The molecule has 130 valence electrons. The molecular formula is C18H19FN4O2. The van der Waals surface area contributed by atoms with E-state index >= 15 is 0 Å². The third kappa shape index (κ3) is 3.05. The van der Waals surface area contributed by atoms with Crippen molar-refractivity contribution in [1.82, 2.24) is 15.2 Å². The van der Waals surface area contributed by atoms with Crippen LogP contribution < -0.4 is 10.2 Å². The molecule has 1 aromatic carbocycles. The number of pyridine rings is 1. The van der Waals surface area contributed by atoms with Gasteiger partial charge in [-0.3, -0.25) is 9.69 Å². The van der Waals surface area contributed by atoms with Crippen molar-refractivity contribution < 1.29 is 14.0 Å². The molecule has 7 heteroatoms. The van der Waals surface area contributed by atoms with Crippen LogP contribution in [-0.2, 0) is 16.9 Å². The highest BCUT2D eigenvalue weighted by Gasteiger charge is 2.48. The maximum Gasteiger partial charge on any atom is 0.325 e. The Balaban J connectivity index is 1.86. The van der Waals surface area contributed by atoms with Gasteiger partial charge in [0.15, 0.2) is 0 Å². The summed E-state index contributed by atoms with van der Waals surface area (Å²) >= 11 is 0. The number of hydrogen-bond donors (Lipinski definition) is 1. The maximum absolute atomic E-state index is 13.1. The van der Waals surface area contributed by atoms with Crippen molar-refractivity contribution in [3.63, 3.8) is 0 Å². The average Bonchev–Trinajstić information content (AvgIpc) is 2.80. The van der Waals surface area contributed by atoms with Crippen LogP contribution in [-0.4, -0.2) is 35.9 Å². The monoisotopic (exact) mass is 342 g/mol. The van der Waals surface area contributed by atoms with E-state index in [1.807, 2.05) is 25.1 Å². The van der Waals surface area contributed by atoms with Gasteiger partial charge in [-0.05, 0) is 42.3 Å². The van der Waals surface area contributed by atoms with Gasteiger partial charge in [0, 0.05) is 20.3 Å². The Morgan fingerprint density at radius 3 is 2.52 bits per heavy atom. The van der Waals surface area contributed by atoms with Crippen molar-refractivity contribution in [3.05, 3.63) is 59.5 Å². The Bertz CT molecular complexity index is 822. The van der Waals surface area contributed by atoms with Crippen LogP contribution >= 0.6 is 0 Å². The number of nitrogens with one attached hydrogen (secondary N) is 1. The minimum Gasteiger partial charge on any atom is -0.363 e. The zero-order valence-electron chi connectivity index (χ0n) is 14.3. The van der Waals surface area contributed by atoms with E-state index in [1.54, 1.807) is 19.2 Å². The van der Waals surface area contributed by atoms with Gasteiger partial charge < -0.3 is 10.2 Å². The first-order valence-corrected chi connectivity index (χ1v) is 7.83. The smallest absolute Gasteiger partial charge is 0.325 e. The fraction of sp³-hybridized carbons (Fsp3) is 0.278. The van der Waals surface area contributed by atoms with Crippen molar-refractivity contribution in [2.45, 2.75) is 19.0 Å². The standard InChI is InChI=1S/C18H19FN4O2/c1-18(13-4-6-14(19)7-5-13)16(24)23(17(25)21-18)11-12-8-9-20-15(10-12)22(2)3/h4-10H,11H2,1-3H3,(H,21,25)/t18-/m0/s1. The van der Waals surface area contributed by atoms with Gasteiger partial charge in [-0.1, -0.05) is 12.1 Å². The first-order valence-electron chi connectivity index (χ1n) is 7.83. The van der Waals surface area contributed by atoms with E-state index in [0.717, 1.165) is 16.3 Å². The molecule has 1 fully saturated rings. The molecule has 3 rings (SSSR count). The van der Waals surface area contributed by atoms with Crippen LogP contribution in [0.5, 0.6) is 0 Å². The highest BCUT2D eigenvalue weighted by molar-refractivity contribution is 6.07. The molecule has 6 nitrogen and oxygen atoms in total. The van der Waals surface area contributed by atoms with E-state index < -0.39 is 17.4 Å². The Hall–Kier alpha value is -2.96. The topological polar surface area (TPSA) is 65.5 Å². The predicted molar refractivity (Wildman–Crippen MR) is 91.4 cm³/mol. The van der Waals surface area contributed by atoms with Crippen LogP contribution in [0.3, 0.4) is 0 Å². The molecule has 0 unspecified atom stereocenters. The SMILES string of the molecule is CN(C)c1cc(CN2C(=O)N[C@@](C)(c3ccc(F)cc3)C2=O)ccn1. The minimum atomic E-state index is -1.21. The number of amides is 3. The second-order valence-electron chi connectivity index (χ2n) is 6.37. The molecule has 1 aliphatic rings. The molecule has 1 aromatic heterocycles. The number of anilines is 1. The normalized spacial score (nSPS) is 19.9. The number of urea groups is 1. The van der Waals surface area contributed by atoms with Gasteiger partial charge in [0.25, 0.3) is 5.91 Å². The quantitative estimate of drug-likeness (QED) is 0.866. The number of hydrogen-bond acceptors (Lipinski definition) is 4. The van der Waals surface area contributed by atoms with Crippen molar-refractivity contribution in [2.75, 3.05) is 19.0 Å². The molecule has 0 bridgehead atoms. The van der Waals surface area contributed by atoms with E-state index in [0.29, 0.717) is 5.56 Å². The number of imide groups is 1. The predicted octanol–water partition coefficient (Wildman–Crippen LogP) is 2.25. The second-order valence-corrected chi connectivity index (χ2v) is 6.37. The number of carbonyl (C=O) groups is 2. The number of carbonyl (C=O) groups excluding carboxylic acids is 2. The number of nitrogens with zero attached hydrogens (tertiary/aromatic N) is 3. The van der Waals surface area contributed by atoms with Gasteiger partial charge in [0.2, 0.25) is 0 Å². The molecule has 0 spiro atoms. The molecule has 2 aromatic rings. The molecule has 25 heavy (non-hydrogen) atoms. The van der Waals surface area contributed by atoms with Gasteiger partial charge in [-0.15, -0.1) is 0 Å². The van der Waals surface area contributed by atoms with Gasteiger partial charge in [0.1, 0.15) is 17.2 Å². The lowest BCUT2D eigenvalue weighted by Crippen LogP contribution is -2.40. The number of halogens is 1. The molecule has 2 heterocycles. The highest BCUT2D eigenvalue weighted by Crippen LogP contribution is 2.30. The third-order valence-electron chi connectivity index (χ3n) is 4.31. The summed E-state index contributed by atoms with van der Waals surface area (Å²) in [4.78, 5) is 32.5. The van der Waals surface area contributed by atoms with Crippen molar-refractivity contribution in [2.24, 2.45) is 0 Å². The Labute approximate surface area is 145 Å². The Kier molecular flexibility index (Phi) is 4.16. The molecule has 1 saturated heterocycles. The molecule has 0 radical (unpaired) electrons. The highest BCUT2D eigenvalue weighted by atomic mass is 19.1. The van der Waals surface area contributed by atoms with E-state index in [1.165, 1.54) is 24.3 Å². The van der Waals surface area contributed by atoms with Crippen LogP contribution in [0, 0.1) is 5.82 Å². The molecule has 1 aliphatic heterocycles. The molecule has 0 aliphatic carbocycles. The molecule has 0 saturated carbocycles. The Morgan fingerprint density at radius 2 is 1.88 bits per heavy atom. The summed E-state index contributed by atoms with van der Waals surface area (Å²) in [5.74, 6) is -0.0212. The van der Waals surface area contributed by atoms with E-state index in [2.05, 4.69) is 10.3 Å². The maximum atomic E-state index is 13.1. The zero-order chi connectivity index (χ0) is 18.2. The first-order chi connectivity index (χ1) is 11.8. The van der Waals surface area contributed by atoms with Crippen LogP contribution in [0.2, 0.25) is 0 Å². The van der Waals surface area contributed by atoms with Gasteiger partial charge in [-0.25, -0.2) is 14.2 Å². The van der Waals surface area contributed by atoms with Crippen LogP contribution in [0.25, 0.3) is 0 Å². The van der Waals surface area contributed by atoms with E-state index in [-0.39, 0.29) is 12.5 Å². The lowest BCUT2D eigenvalue weighted by molar-refractivity contribution is -0.131. The fourth-order valence-corrected chi connectivity index (χ4v) is 2.81. The fourth-order valence-electron chi connectivity index (χ4n) is 2.81. The molecule has 1 atom stereocenters. The summed E-state index contributed by atoms with van der Waals surface area (Å²) in [6, 6.07) is 8.68. The number of rotatable bonds is 4. The van der Waals surface area contributed by atoms with E-state index in [9.17, 15) is 14.0 Å². The van der Waals surface area contributed by atoms with Crippen molar-refractivity contribution >= 4 is 17.8 Å². The van der Waals surface area contributed by atoms with Gasteiger partial charge >= 0.3 is 6.03 Å².